The minimum Gasteiger partial charge on any atom is -0.448 e. The minimum absolute atomic E-state index is 0.00649. The van der Waals surface area contributed by atoms with Crippen LogP contribution in [0.4, 0.5) is 0 Å². The van der Waals surface area contributed by atoms with E-state index in [1.807, 2.05) is 4.90 Å². The Bertz CT molecular complexity index is 659. The quantitative estimate of drug-likeness (QED) is 0.850. The predicted octanol–water partition coefficient (Wildman–Crippen LogP) is 3.29. The van der Waals surface area contributed by atoms with Gasteiger partial charge in [-0.2, -0.15) is 0 Å². The van der Waals surface area contributed by atoms with Crippen molar-refractivity contribution < 1.29 is 9.21 Å². The van der Waals surface area contributed by atoms with Crippen LogP contribution in [0.5, 0.6) is 0 Å². The van der Waals surface area contributed by atoms with Gasteiger partial charge in [0.1, 0.15) is 15.1 Å². The van der Waals surface area contributed by atoms with Crippen LogP contribution < -0.4 is 0 Å². The van der Waals surface area contributed by atoms with Gasteiger partial charge in [-0.05, 0) is 19.8 Å². The van der Waals surface area contributed by atoms with E-state index in [1.165, 1.54) is 17.7 Å². The highest BCUT2D eigenvalue weighted by molar-refractivity contribution is 7.15. The third-order valence-electron chi connectivity index (χ3n) is 4.10. The average Bonchev–Trinajstić information content (AvgIpc) is 3.08. The maximum Gasteiger partial charge on any atom is 0.276 e. The van der Waals surface area contributed by atoms with Crippen LogP contribution >= 0.6 is 22.9 Å². The summed E-state index contributed by atoms with van der Waals surface area (Å²) < 4.78 is 5.82. The number of aryl methyl sites for hydroxylation is 1. The summed E-state index contributed by atoms with van der Waals surface area (Å²) in [4.78, 5) is 22.6. The van der Waals surface area contributed by atoms with Gasteiger partial charge in [-0.25, -0.2) is 9.97 Å². The normalized spacial score (nSPS) is 18.0. The summed E-state index contributed by atoms with van der Waals surface area (Å²) in [5, 5.41) is 1.05. The summed E-state index contributed by atoms with van der Waals surface area (Å²) >= 11 is 7.50. The molecule has 1 saturated heterocycles. The van der Waals surface area contributed by atoms with Gasteiger partial charge in [0.05, 0.1) is 6.20 Å². The van der Waals surface area contributed by atoms with E-state index >= 15 is 0 Å². The van der Waals surface area contributed by atoms with Gasteiger partial charge in [-0.3, -0.25) is 4.79 Å². The fourth-order valence-electron chi connectivity index (χ4n) is 2.61. The molecule has 5 nitrogen and oxygen atoms in total. The van der Waals surface area contributed by atoms with Gasteiger partial charge < -0.3 is 9.32 Å². The highest BCUT2D eigenvalue weighted by Crippen LogP contribution is 2.38. The van der Waals surface area contributed by atoms with Crippen molar-refractivity contribution in [2.24, 2.45) is 0 Å². The van der Waals surface area contributed by atoms with E-state index in [-0.39, 0.29) is 11.3 Å². The summed E-state index contributed by atoms with van der Waals surface area (Å²) in [6, 6.07) is 0. The first-order valence-electron chi connectivity index (χ1n) is 6.81. The van der Waals surface area contributed by atoms with Crippen molar-refractivity contribution in [2.75, 3.05) is 13.1 Å². The highest BCUT2D eigenvalue weighted by Gasteiger charge is 2.36. The molecule has 21 heavy (non-hydrogen) atoms. The van der Waals surface area contributed by atoms with Gasteiger partial charge in [0.2, 0.25) is 0 Å². The molecule has 0 spiro atoms. The molecule has 1 aliphatic heterocycles. The molecule has 3 rings (SSSR count). The van der Waals surface area contributed by atoms with Crippen molar-refractivity contribution in [2.45, 2.75) is 32.1 Å². The molecular formula is C14H16ClN3O2S. The maximum absolute atomic E-state index is 12.4. The molecule has 112 valence electrons. The number of carbonyl (C=O) groups is 1. The van der Waals surface area contributed by atoms with Crippen LogP contribution in [0.2, 0.25) is 4.34 Å². The zero-order valence-electron chi connectivity index (χ0n) is 11.9. The Morgan fingerprint density at radius 1 is 1.43 bits per heavy atom. The maximum atomic E-state index is 12.4. The number of hydrogen-bond donors (Lipinski definition) is 0. The SMILES string of the molecule is Cc1ocnc1C(=O)N1CCC(C)(c2ncc(Cl)s2)CC1. The Morgan fingerprint density at radius 2 is 2.14 bits per heavy atom. The van der Waals surface area contributed by atoms with Crippen LogP contribution in [0.25, 0.3) is 0 Å². The monoisotopic (exact) mass is 325 g/mol. The molecular weight excluding hydrogens is 310 g/mol. The average molecular weight is 326 g/mol. The molecule has 0 atom stereocenters. The molecule has 0 unspecified atom stereocenters. The molecule has 0 aliphatic carbocycles. The molecule has 1 aliphatic rings. The Hall–Kier alpha value is -1.40. The minimum atomic E-state index is -0.0551. The number of likely N-dealkylation sites (tertiary alicyclic amines) is 1. The lowest BCUT2D eigenvalue weighted by atomic mass is 9.81. The number of nitrogens with zero attached hydrogens (tertiary/aromatic N) is 3. The molecule has 0 N–H and O–H groups in total. The zero-order valence-corrected chi connectivity index (χ0v) is 13.5. The summed E-state index contributed by atoms with van der Waals surface area (Å²) in [6.45, 7) is 5.33. The first kappa shape index (κ1) is 14.5. The predicted molar refractivity (Wildman–Crippen MR) is 80.9 cm³/mol. The van der Waals surface area contributed by atoms with Crippen LogP contribution in [0.1, 0.15) is 41.0 Å². The largest absolute Gasteiger partial charge is 0.448 e. The summed E-state index contributed by atoms with van der Waals surface area (Å²) in [7, 11) is 0. The molecule has 2 aromatic rings. The van der Waals surface area contributed by atoms with E-state index in [0.29, 0.717) is 28.9 Å². The van der Waals surface area contributed by atoms with Crippen LogP contribution in [-0.4, -0.2) is 33.9 Å². The number of carbonyl (C=O) groups excluding carboxylic acids is 1. The van der Waals surface area contributed by atoms with E-state index in [9.17, 15) is 4.79 Å². The number of piperidine rings is 1. The number of hydrogen-bond acceptors (Lipinski definition) is 5. The van der Waals surface area contributed by atoms with E-state index in [1.54, 1.807) is 13.1 Å². The number of halogens is 1. The summed E-state index contributed by atoms with van der Waals surface area (Å²) in [6.07, 6.45) is 4.76. The molecule has 0 saturated carbocycles. The Labute approximate surface area is 132 Å². The smallest absolute Gasteiger partial charge is 0.276 e. The molecule has 0 radical (unpaired) electrons. The second-order valence-electron chi connectivity index (χ2n) is 5.58. The molecule has 2 aromatic heterocycles. The molecule has 1 fully saturated rings. The topological polar surface area (TPSA) is 59.2 Å². The number of rotatable bonds is 2. The summed E-state index contributed by atoms with van der Waals surface area (Å²) in [5.41, 5.74) is 0.406. The van der Waals surface area contributed by atoms with E-state index < -0.39 is 0 Å². The number of oxazole rings is 1. The van der Waals surface area contributed by atoms with Gasteiger partial charge in [0, 0.05) is 18.5 Å². The van der Waals surface area contributed by atoms with Gasteiger partial charge >= 0.3 is 0 Å². The summed E-state index contributed by atoms with van der Waals surface area (Å²) in [5.74, 6) is 0.514. The molecule has 0 bridgehead atoms. The fraction of sp³-hybridized carbons (Fsp3) is 0.500. The van der Waals surface area contributed by atoms with Crippen LogP contribution in [-0.2, 0) is 5.41 Å². The lowest BCUT2D eigenvalue weighted by Gasteiger charge is -2.37. The van der Waals surface area contributed by atoms with E-state index in [2.05, 4.69) is 16.9 Å². The van der Waals surface area contributed by atoms with Crippen molar-refractivity contribution in [3.05, 3.63) is 33.4 Å². The van der Waals surface area contributed by atoms with Crippen molar-refractivity contribution >= 4 is 28.8 Å². The third-order valence-corrected chi connectivity index (χ3v) is 5.52. The number of thiazole rings is 1. The van der Waals surface area contributed by atoms with Gasteiger partial charge in [-0.15, -0.1) is 11.3 Å². The first-order chi connectivity index (χ1) is 9.99. The van der Waals surface area contributed by atoms with Crippen molar-refractivity contribution in [3.8, 4) is 0 Å². The van der Waals surface area contributed by atoms with Crippen molar-refractivity contribution in [3.63, 3.8) is 0 Å². The van der Waals surface area contributed by atoms with Crippen LogP contribution in [0, 0.1) is 6.92 Å². The second-order valence-corrected chi connectivity index (χ2v) is 7.24. The molecule has 0 aromatic carbocycles. The Kier molecular flexibility index (Phi) is 3.75. The van der Waals surface area contributed by atoms with Crippen LogP contribution in [0.3, 0.4) is 0 Å². The second kappa shape index (κ2) is 5.42. The first-order valence-corrected chi connectivity index (χ1v) is 8.00. The number of aromatic nitrogens is 2. The molecule has 7 heteroatoms. The Morgan fingerprint density at radius 3 is 2.67 bits per heavy atom. The highest BCUT2D eigenvalue weighted by atomic mass is 35.5. The third kappa shape index (κ3) is 2.70. The zero-order chi connectivity index (χ0) is 15.0. The fourth-order valence-corrected chi connectivity index (χ4v) is 3.73. The Balaban J connectivity index is 1.70. The van der Waals surface area contributed by atoms with Crippen LogP contribution in [0.15, 0.2) is 17.0 Å². The lowest BCUT2D eigenvalue weighted by Crippen LogP contribution is -2.44. The molecule has 3 heterocycles. The van der Waals surface area contributed by atoms with Crippen molar-refractivity contribution in [1.82, 2.24) is 14.9 Å². The van der Waals surface area contributed by atoms with Gasteiger partial charge in [-0.1, -0.05) is 18.5 Å². The van der Waals surface area contributed by atoms with E-state index in [4.69, 9.17) is 16.0 Å². The lowest BCUT2D eigenvalue weighted by molar-refractivity contribution is 0.0669. The van der Waals surface area contributed by atoms with Gasteiger partial charge in [0.15, 0.2) is 12.1 Å². The van der Waals surface area contributed by atoms with Crippen molar-refractivity contribution in [1.29, 1.82) is 0 Å². The molecule has 1 amide bonds. The number of amides is 1. The van der Waals surface area contributed by atoms with E-state index in [0.717, 1.165) is 17.8 Å². The standard InChI is InChI=1S/C14H16ClN3O2S/c1-9-11(17-8-20-9)12(19)18-5-3-14(2,4-6-18)13-16-7-10(15)21-13/h7-8H,3-6H2,1-2H3. The van der Waals surface area contributed by atoms with Gasteiger partial charge in [0.25, 0.3) is 5.91 Å².